The van der Waals surface area contributed by atoms with Crippen LogP contribution in [-0.2, 0) is 0 Å². The maximum atomic E-state index is 5.79. The number of pyridine rings is 1. The average Bonchev–Trinajstić information content (AvgIpc) is 2.77. The predicted molar refractivity (Wildman–Crippen MR) is 82.5 cm³/mol. The summed E-state index contributed by atoms with van der Waals surface area (Å²) in [4.78, 5) is 9.15. The number of benzene rings is 1. The maximum absolute atomic E-state index is 5.79. The molecule has 0 spiro atoms. The Balaban J connectivity index is 2.32. The molecule has 0 saturated carbocycles. The minimum absolute atomic E-state index is 0.306. The summed E-state index contributed by atoms with van der Waals surface area (Å²) in [7, 11) is 0. The van der Waals surface area contributed by atoms with E-state index in [1.54, 1.807) is 6.07 Å². The van der Waals surface area contributed by atoms with Crippen molar-refractivity contribution < 1.29 is 0 Å². The normalized spacial score (nSPS) is 11.4. The second kappa shape index (κ2) is 4.63. The van der Waals surface area contributed by atoms with Crippen molar-refractivity contribution in [3.8, 4) is 11.5 Å². The van der Waals surface area contributed by atoms with E-state index >= 15 is 0 Å². The van der Waals surface area contributed by atoms with Crippen molar-refractivity contribution in [1.82, 2.24) is 14.5 Å². The summed E-state index contributed by atoms with van der Waals surface area (Å²) in [5, 5.41) is 0. The van der Waals surface area contributed by atoms with Gasteiger partial charge in [0.05, 0.1) is 11.0 Å². The highest BCUT2D eigenvalue weighted by Gasteiger charge is 2.15. The smallest absolute Gasteiger partial charge is 0.160 e. The van der Waals surface area contributed by atoms with Gasteiger partial charge in [-0.3, -0.25) is 0 Å². The van der Waals surface area contributed by atoms with E-state index in [-0.39, 0.29) is 0 Å². The highest BCUT2D eigenvalue weighted by atomic mass is 15.1. The van der Waals surface area contributed by atoms with Crippen molar-refractivity contribution in [1.29, 1.82) is 0 Å². The Labute approximate surface area is 118 Å². The second-order valence-corrected chi connectivity index (χ2v) is 5.34. The van der Waals surface area contributed by atoms with Crippen LogP contribution in [0, 0.1) is 6.92 Å². The number of nitrogen functional groups attached to an aromatic ring is 1. The highest BCUT2D eigenvalue weighted by molar-refractivity contribution is 5.81. The van der Waals surface area contributed by atoms with E-state index in [2.05, 4.69) is 48.5 Å². The van der Waals surface area contributed by atoms with Crippen molar-refractivity contribution in [2.45, 2.75) is 26.8 Å². The molecule has 3 aromatic rings. The standard InChI is InChI=1S/C16H18N4/c1-10(2)20-14-8-7-11(3)9-13(14)19-16(20)12-5-4-6-15(17)18-12/h4-10H,1-3H3,(H2,17,18). The molecule has 0 unspecified atom stereocenters. The molecule has 0 aliphatic carbocycles. The monoisotopic (exact) mass is 266 g/mol. The number of nitrogens with zero attached hydrogens (tertiary/aromatic N) is 3. The molecule has 3 rings (SSSR count). The Bertz CT molecular complexity index is 771. The average molecular weight is 266 g/mol. The SMILES string of the molecule is Cc1ccc2c(c1)nc(-c1cccc(N)n1)n2C(C)C. The van der Waals surface area contributed by atoms with Crippen molar-refractivity contribution in [2.75, 3.05) is 5.73 Å². The minimum Gasteiger partial charge on any atom is -0.384 e. The predicted octanol–water partition coefficient (Wildman–Crippen LogP) is 3.57. The van der Waals surface area contributed by atoms with Gasteiger partial charge in [-0.15, -0.1) is 0 Å². The zero-order valence-corrected chi connectivity index (χ0v) is 12.0. The third kappa shape index (κ3) is 2.03. The Hall–Kier alpha value is -2.36. The van der Waals surface area contributed by atoms with E-state index < -0.39 is 0 Å². The van der Waals surface area contributed by atoms with E-state index in [9.17, 15) is 0 Å². The number of aryl methyl sites for hydroxylation is 1. The fourth-order valence-electron chi connectivity index (χ4n) is 2.49. The van der Waals surface area contributed by atoms with Gasteiger partial charge in [-0.2, -0.15) is 0 Å². The molecule has 0 amide bonds. The Morgan fingerprint density at radius 1 is 1.10 bits per heavy atom. The molecule has 0 fully saturated rings. The Kier molecular flexibility index (Phi) is 2.93. The van der Waals surface area contributed by atoms with E-state index in [1.165, 1.54) is 5.56 Å². The van der Waals surface area contributed by atoms with Gasteiger partial charge in [0, 0.05) is 6.04 Å². The summed E-state index contributed by atoms with van der Waals surface area (Å²) in [6.45, 7) is 6.37. The lowest BCUT2D eigenvalue weighted by Gasteiger charge is -2.12. The summed E-state index contributed by atoms with van der Waals surface area (Å²) in [6, 6.07) is 12.3. The molecule has 2 heterocycles. The zero-order valence-electron chi connectivity index (χ0n) is 12.0. The van der Waals surface area contributed by atoms with Gasteiger partial charge in [0.1, 0.15) is 11.5 Å². The molecule has 0 bridgehead atoms. The van der Waals surface area contributed by atoms with Crippen LogP contribution in [0.4, 0.5) is 5.82 Å². The lowest BCUT2D eigenvalue weighted by atomic mass is 10.2. The summed E-state index contributed by atoms with van der Waals surface area (Å²) in [5.41, 5.74) is 9.94. The molecule has 2 aromatic heterocycles. The summed E-state index contributed by atoms with van der Waals surface area (Å²) >= 11 is 0. The number of imidazole rings is 1. The minimum atomic E-state index is 0.306. The number of fused-ring (bicyclic) bond motifs is 1. The molecule has 0 aliphatic heterocycles. The van der Waals surface area contributed by atoms with Crippen LogP contribution >= 0.6 is 0 Å². The quantitative estimate of drug-likeness (QED) is 0.771. The van der Waals surface area contributed by atoms with Gasteiger partial charge in [0.25, 0.3) is 0 Å². The van der Waals surface area contributed by atoms with Crippen LogP contribution in [0.15, 0.2) is 36.4 Å². The molecule has 20 heavy (non-hydrogen) atoms. The fourth-order valence-corrected chi connectivity index (χ4v) is 2.49. The molecule has 0 atom stereocenters. The van der Waals surface area contributed by atoms with Crippen molar-refractivity contribution in [3.63, 3.8) is 0 Å². The first-order valence-electron chi connectivity index (χ1n) is 6.78. The first-order valence-corrected chi connectivity index (χ1v) is 6.78. The van der Waals surface area contributed by atoms with E-state index in [1.807, 2.05) is 12.1 Å². The zero-order chi connectivity index (χ0) is 14.3. The van der Waals surface area contributed by atoms with Crippen LogP contribution < -0.4 is 5.73 Å². The largest absolute Gasteiger partial charge is 0.384 e. The van der Waals surface area contributed by atoms with Crippen LogP contribution in [0.5, 0.6) is 0 Å². The van der Waals surface area contributed by atoms with Crippen molar-refractivity contribution >= 4 is 16.9 Å². The van der Waals surface area contributed by atoms with Gasteiger partial charge < -0.3 is 10.3 Å². The van der Waals surface area contributed by atoms with Gasteiger partial charge in [-0.25, -0.2) is 9.97 Å². The van der Waals surface area contributed by atoms with Crippen LogP contribution in [-0.4, -0.2) is 14.5 Å². The highest BCUT2D eigenvalue weighted by Crippen LogP contribution is 2.28. The lowest BCUT2D eigenvalue weighted by molar-refractivity contribution is 0.623. The van der Waals surface area contributed by atoms with E-state index in [4.69, 9.17) is 10.7 Å². The van der Waals surface area contributed by atoms with Gasteiger partial charge in [0.2, 0.25) is 0 Å². The van der Waals surface area contributed by atoms with Gasteiger partial charge in [-0.1, -0.05) is 12.1 Å². The van der Waals surface area contributed by atoms with Crippen LogP contribution in [0.2, 0.25) is 0 Å². The van der Waals surface area contributed by atoms with Gasteiger partial charge in [0.15, 0.2) is 5.82 Å². The molecule has 0 aliphatic rings. The molecule has 0 saturated heterocycles. The molecule has 4 nitrogen and oxygen atoms in total. The first-order chi connectivity index (χ1) is 9.56. The Morgan fingerprint density at radius 2 is 1.90 bits per heavy atom. The van der Waals surface area contributed by atoms with E-state index in [0.29, 0.717) is 11.9 Å². The number of rotatable bonds is 2. The third-order valence-corrected chi connectivity index (χ3v) is 3.36. The lowest BCUT2D eigenvalue weighted by Crippen LogP contribution is -2.04. The van der Waals surface area contributed by atoms with Crippen molar-refractivity contribution in [2.24, 2.45) is 0 Å². The number of aromatic nitrogens is 3. The van der Waals surface area contributed by atoms with Crippen LogP contribution in [0.3, 0.4) is 0 Å². The van der Waals surface area contributed by atoms with Gasteiger partial charge in [-0.05, 0) is 50.6 Å². The summed E-state index contributed by atoms with van der Waals surface area (Å²) in [5.74, 6) is 1.38. The van der Waals surface area contributed by atoms with Crippen LogP contribution in [0.1, 0.15) is 25.5 Å². The van der Waals surface area contributed by atoms with Gasteiger partial charge >= 0.3 is 0 Å². The molecule has 4 heteroatoms. The van der Waals surface area contributed by atoms with E-state index in [0.717, 1.165) is 22.6 Å². The van der Waals surface area contributed by atoms with Crippen molar-refractivity contribution in [3.05, 3.63) is 42.0 Å². The summed E-state index contributed by atoms with van der Waals surface area (Å²) < 4.78 is 2.20. The number of nitrogens with two attached hydrogens (primary N) is 1. The number of anilines is 1. The topological polar surface area (TPSA) is 56.7 Å². The molecule has 0 radical (unpaired) electrons. The summed E-state index contributed by atoms with van der Waals surface area (Å²) in [6.07, 6.45) is 0. The Morgan fingerprint density at radius 3 is 2.60 bits per heavy atom. The second-order valence-electron chi connectivity index (χ2n) is 5.34. The number of hydrogen-bond acceptors (Lipinski definition) is 3. The maximum Gasteiger partial charge on any atom is 0.160 e. The molecular weight excluding hydrogens is 248 g/mol. The molecular formula is C16H18N4. The molecule has 2 N–H and O–H groups in total. The van der Waals surface area contributed by atoms with Crippen LogP contribution in [0.25, 0.3) is 22.6 Å². The third-order valence-electron chi connectivity index (χ3n) is 3.36. The number of hydrogen-bond donors (Lipinski definition) is 1. The fraction of sp³-hybridized carbons (Fsp3) is 0.250. The molecule has 102 valence electrons. The molecule has 1 aromatic carbocycles. The first kappa shape index (κ1) is 12.7.